The first kappa shape index (κ1) is 19.9. The van der Waals surface area contributed by atoms with Gasteiger partial charge in [0.15, 0.2) is 0 Å². The van der Waals surface area contributed by atoms with Gasteiger partial charge in [0.05, 0.1) is 5.69 Å². The molecule has 0 spiro atoms. The largest absolute Gasteiger partial charge is 0.573 e. The Morgan fingerprint density at radius 2 is 1.81 bits per heavy atom. The maximum atomic E-state index is 12.3. The molecule has 0 atom stereocenters. The van der Waals surface area contributed by atoms with Gasteiger partial charge in [0.25, 0.3) is 0 Å². The van der Waals surface area contributed by atoms with Gasteiger partial charge in [-0.1, -0.05) is 6.07 Å². The van der Waals surface area contributed by atoms with Crippen LogP contribution in [0.1, 0.15) is 41.4 Å². The monoisotopic (exact) mass is 426 g/mol. The normalized spacial score (nSPS) is 16.7. The second-order valence-electron chi connectivity index (χ2n) is 8.06. The van der Waals surface area contributed by atoms with Crippen molar-refractivity contribution in [2.45, 2.75) is 44.6 Å². The minimum atomic E-state index is -4.69. The maximum absolute atomic E-state index is 12.3. The van der Waals surface area contributed by atoms with Crippen LogP contribution in [-0.2, 0) is 19.5 Å². The molecule has 2 aromatic heterocycles. The van der Waals surface area contributed by atoms with Gasteiger partial charge in [0.2, 0.25) is 0 Å². The lowest BCUT2D eigenvalue weighted by Gasteiger charge is -2.28. The second-order valence-corrected chi connectivity index (χ2v) is 8.06. The van der Waals surface area contributed by atoms with Crippen LogP contribution in [0.2, 0.25) is 0 Å². The van der Waals surface area contributed by atoms with Crippen molar-refractivity contribution >= 4 is 0 Å². The summed E-state index contributed by atoms with van der Waals surface area (Å²) in [6.45, 7) is 2.54. The molecule has 0 saturated heterocycles. The number of benzene rings is 1. The number of rotatable bonds is 5. The average Bonchev–Trinajstić information content (AvgIpc) is 3.59. The van der Waals surface area contributed by atoms with Crippen molar-refractivity contribution in [2.24, 2.45) is 0 Å². The van der Waals surface area contributed by atoms with E-state index < -0.39 is 6.36 Å². The first-order valence-corrected chi connectivity index (χ1v) is 10.3. The highest BCUT2D eigenvalue weighted by Gasteiger charge is 2.31. The Balaban J connectivity index is 1.21. The molecule has 3 heterocycles. The van der Waals surface area contributed by atoms with Crippen LogP contribution >= 0.6 is 0 Å². The topological polar surface area (TPSA) is 51.1 Å². The number of pyridine rings is 1. The van der Waals surface area contributed by atoms with Crippen molar-refractivity contribution in [3.05, 3.63) is 71.4 Å². The number of halogens is 3. The van der Waals surface area contributed by atoms with Crippen molar-refractivity contribution in [1.82, 2.24) is 19.9 Å². The van der Waals surface area contributed by atoms with Crippen molar-refractivity contribution in [3.8, 4) is 17.0 Å². The molecule has 0 bridgehead atoms. The molecule has 1 saturated carbocycles. The molecular weight excluding hydrogens is 405 g/mol. The molecule has 8 heteroatoms. The van der Waals surface area contributed by atoms with Gasteiger partial charge in [-0.3, -0.25) is 9.88 Å². The molecule has 1 aliphatic heterocycles. The van der Waals surface area contributed by atoms with Crippen molar-refractivity contribution in [3.63, 3.8) is 0 Å². The zero-order valence-electron chi connectivity index (χ0n) is 16.8. The van der Waals surface area contributed by atoms with E-state index in [1.807, 2.05) is 24.5 Å². The van der Waals surface area contributed by atoms with Crippen LogP contribution in [0.5, 0.6) is 5.75 Å². The van der Waals surface area contributed by atoms with Crippen molar-refractivity contribution in [1.29, 1.82) is 0 Å². The summed E-state index contributed by atoms with van der Waals surface area (Å²) in [5, 5.41) is 0. The van der Waals surface area contributed by atoms with Gasteiger partial charge in [-0.15, -0.1) is 13.2 Å². The van der Waals surface area contributed by atoms with E-state index >= 15 is 0 Å². The summed E-state index contributed by atoms with van der Waals surface area (Å²) in [6.07, 6.45) is 2.45. The number of ether oxygens (including phenoxy) is 1. The summed E-state index contributed by atoms with van der Waals surface area (Å²) < 4.78 is 40.8. The van der Waals surface area contributed by atoms with E-state index in [0.29, 0.717) is 11.6 Å². The fourth-order valence-electron chi connectivity index (χ4n) is 3.84. The molecule has 1 aromatic carbocycles. The van der Waals surface area contributed by atoms with Gasteiger partial charge in [-0.25, -0.2) is 9.97 Å². The standard InChI is InChI=1S/C23H21F3N4O/c24-23(25,26)31-19-6-4-16(5-7-19)20-8-1-15(11-27-20)13-30-10-9-21-18(14-30)12-28-22(29-21)17-2-3-17/h1,4-8,11-12,17H,2-3,9-10,13-14H2. The van der Waals surface area contributed by atoms with Crippen LogP contribution in [-0.4, -0.2) is 32.8 Å². The average molecular weight is 426 g/mol. The number of hydrogen-bond donors (Lipinski definition) is 0. The first-order valence-electron chi connectivity index (χ1n) is 10.3. The molecule has 1 aliphatic carbocycles. The molecular formula is C23H21F3N4O. The minimum Gasteiger partial charge on any atom is -0.406 e. The van der Waals surface area contributed by atoms with Crippen LogP contribution in [0.15, 0.2) is 48.8 Å². The zero-order chi connectivity index (χ0) is 21.4. The highest BCUT2D eigenvalue weighted by molar-refractivity contribution is 5.60. The number of hydrogen-bond acceptors (Lipinski definition) is 5. The fraction of sp³-hybridized carbons (Fsp3) is 0.348. The molecule has 0 unspecified atom stereocenters. The highest BCUT2D eigenvalue weighted by atomic mass is 19.4. The van der Waals surface area contributed by atoms with E-state index in [1.54, 1.807) is 12.1 Å². The molecule has 5 nitrogen and oxygen atoms in total. The van der Waals surface area contributed by atoms with E-state index in [9.17, 15) is 13.2 Å². The molecule has 0 radical (unpaired) electrons. The van der Waals surface area contributed by atoms with Gasteiger partial charge >= 0.3 is 6.36 Å². The smallest absolute Gasteiger partial charge is 0.406 e. The van der Waals surface area contributed by atoms with Crippen LogP contribution in [0.4, 0.5) is 13.2 Å². The second kappa shape index (κ2) is 7.92. The zero-order valence-corrected chi connectivity index (χ0v) is 16.8. The van der Waals surface area contributed by atoms with Crippen LogP contribution in [0, 0.1) is 0 Å². The molecule has 1 fully saturated rings. The summed E-state index contributed by atoms with van der Waals surface area (Å²) in [5.74, 6) is 1.33. The van der Waals surface area contributed by atoms with Gasteiger partial charge < -0.3 is 4.74 Å². The van der Waals surface area contributed by atoms with Gasteiger partial charge in [-0.2, -0.15) is 0 Å². The maximum Gasteiger partial charge on any atom is 0.573 e. The fourth-order valence-corrected chi connectivity index (χ4v) is 3.84. The Morgan fingerprint density at radius 1 is 1.00 bits per heavy atom. The van der Waals surface area contributed by atoms with Gasteiger partial charge in [0.1, 0.15) is 11.6 Å². The molecule has 5 rings (SSSR count). The van der Waals surface area contributed by atoms with Gasteiger partial charge in [-0.05, 0) is 48.7 Å². The summed E-state index contributed by atoms with van der Waals surface area (Å²) in [7, 11) is 0. The molecule has 0 N–H and O–H groups in total. The number of aromatic nitrogens is 3. The Hall–Kier alpha value is -3.00. The quantitative estimate of drug-likeness (QED) is 0.583. The molecule has 31 heavy (non-hydrogen) atoms. The minimum absolute atomic E-state index is 0.244. The van der Waals surface area contributed by atoms with E-state index in [2.05, 4.69) is 19.6 Å². The lowest BCUT2D eigenvalue weighted by molar-refractivity contribution is -0.274. The number of fused-ring (bicyclic) bond motifs is 1. The van der Waals surface area contributed by atoms with Crippen LogP contribution in [0.3, 0.4) is 0 Å². The Bertz CT molecular complexity index is 1060. The first-order chi connectivity index (χ1) is 14.9. The Morgan fingerprint density at radius 3 is 2.48 bits per heavy atom. The van der Waals surface area contributed by atoms with E-state index in [1.165, 1.54) is 36.2 Å². The molecule has 160 valence electrons. The Labute approximate surface area is 177 Å². The van der Waals surface area contributed by atoms with E-state index in [-0.39, 0.29) is 5.75 Å². The van der Waals surface area contributed by atoms with Gasteiger partial charge in [0, 0.05) is 61.2 Å². The number of alkyl halides is 3. The Kier molecular flexibility index (Phi) is 5.09. The molecule has 2 aliphatic rings. The summed E-state index contributed by atoms with van der Waals surface area (Å²) >= 11 is 0. The lowest BCUT2D eigenvalue weighted by Crippen LogP contribution is -2.31. The molecule has 3 aromatic rings. The van der Waals surface area contributed by atoms with E-state index in [0.717, 1.165) is 43.0 Å². The third-order valence-corrected chi connectivity index (χ3v) is 5.59. The summed E-state index contributed by atoms with van der Waals surface area (Å²) in [6, 6.07) is 9.62. The summed E-state index contributed by atoms with van der Waals surface area (Å²) in [4.78, 5) is 16.1. The van der Waals surface area contributed by atoms with E-state index in [4.69, 9.17) is 4.98 Å². The molecule has 0 amide bonds. The third-order valence-electron chi connectivity index (χ3n) is 5.59. The highest BCUT2D eigenvalue weighted by Crippen LogP contribution is 2.38. The van der Waals surface area contributed by atoms with Crippen molar-refractivity contribution in [2.75, 3.05) is 6.54 Å². The third kappa shape index (κ3) is 4.85. The number of nitrogens with zero attached hydrogens (tertiary/aromatic N) is 4. The SMILES string of the molecule is FC(F)(F)Oc1ccc(-c2ccc(CN3CCc4nc(C5CC5)ncc4C3)cn2)cc1. The van der Waals surface area contributed by atoms with Crippen LogP contribution < -0.4 is 4.74 Å². The predicted molar refractivity (Wildman–Crippen MR) is 108 cm³/mol. The summed E-state index contributed by atoms with van der Waals surface area (Å²) in [5.41, 5.74) is 4.89. The van der Waals surface area contributed by atoms with Crippen molar-refractivity contribution < 1.29 is 17.9 Å². The lowest BCUT2D eigenvalue weighted by atomic mass is 10.1. The van der Waals surface area contributed by atoms with Crippen LogP contribution in [0.25, 0.3) is 11.3 Å². The predicted octanol–water partition coefficient (Wildman–Crippen LogP) is 4.87.